The van der Waals surface area contributed by atoms with Gasteiger partial charge in [-0.2, -0.15) is 0 Å². The Kier molecular flexibility index (Phi) is 4.11. The van der Waals surface area contributed by atoms with Gasteiger partial charge in [0.05, 0.1) is 6.61 Å². The molecule has 2 rings (SSSR count). The smallest absolute Gasteiger partial charge is 0.129 e. The molecule has 0 amide bonds. The second kappa shape index (κ2) is 5.47. The summed E-state index contributed by atoms with van der Waals surface area (Å²) in [5.41, 5.74) is 1.87. The van der Waals surface area contributed by atoms with Crippen molar-refractivity contribution in [1.29, 1.82) is 0 Å². The van der Waals surface area contributed by atoms with Crippen molar-refractivity contribution >= 4 is 5.82 Å². The van der Waals surface area contributed by atoms with E-state index in [0.29, 0.717) is 5.92 Å². The van der Waals surface area contributed by atoms with Crippen molar-refractivity contribution in [2.24, 2.45) is 5.92 Å². The minimum Gasteiger partial charge on any atom is -0.396 e. The van der Waals surface area contributed by atoms with Gasteiger partial charge in [0.1, 0.15) is 5.82 Å². The van der Waals surface area contributed by atoms with E-state index >= 15 is 0 Å². The summed E-state index contributed by atoms with van der Waals surface area (Å²) in [5.74, 6) is 1.27. The highest BCUT2D eigenvalue weighted by Gasteiger charge is 2.25. The molecule has 0 spiro atoms. The van der Waals surface area contributed by atoms with Gasteiger partial charge in [0.15, 0.2) is 0 Å². The first-order valence-electron chi connectivity index (χ1n) is 6.92. The van der Waals surface area contributed by atoms with Crippen molar-refractivity contribution in [2.75, 3.05) is 24.6 Å². The first-order chi connectivity index (χ1) is 8.94. The van der Waals surface area contributed by atoms with E-state index in [2.05, 4.69) is 25.7 Å². The zero-order chi connectivity index (χ0) is 14.0. The van der Waals surface area contributed by atoms with Crippen LogP contribution in [0, 0.1) is 5.92 Å². The summed E-state index contributed by atoms with van der Waals surface area (Å²) in [7, 11) is 0. The average Bonchev–Trinajstić information content (AvgIpc) is 2.86. The fourth-order valence-corrected chi connectivity index (χ4v) is 2.40. The van der Waals surface area contributed by atoms with E-state index in [-0.39, 0.29) is 18.6 Å². The fraction of sp³-hybridized carbons (Fsp3) is 0.667. The van der Waals surface area contributed by atoms with E-state index in [1.54, 1.807) is 0 Å². The summed E-state index contributed by atoms with van der Waals surface area (Å²) < 4.78 is 0. The Labute approximate surface area is 115 Å². The lowest BCUT2D eigenvalue weighted by atomic mass is 9.91. The molecule has 0 saturated carbocycles. The van der Waals surface area contributed by atoms with E-state index in [1.807, 2.05) is 12.1 Å². The molecule has 1 unspecified atom stereocenters. The summed E-state index contributed by atoms with van der Waals surface area (Å²) in [6.45, 7) is 8.43. The maximum atomic E-state index is 9.41. The highest BCUT2D eigenvalue weighted by molar-refractivity contribution is 5.44. The van der Waals surface area contributed by atoms with Crippen LogP contribution >= 0.6 is 0 Å². The number of pyridine rings is 1. The van der Waals surface area contributed by atoms with Gasteiger partial charge in [-0.3, -0.25) is 0 Å². The summed E-state index contributed by atoms with van der Waals surface area (Å²) >= 11 is 0. The molecule has 0 bridgehead atoms. The van der Waals surface area contributed by atoms with Crippen LogP contribution in [-0.4, -0.2) is 34.9 Å². The van der Waals surface area contributed by atoms with Gasteiger partial charge in [-0.05, 0) is 24.1 Å². The zero-order valence-electron chi connectivity index (χ0n) is 12.1. The van der Waals surface area contributed by atoms with E-state index in [4.69, 9.17) is 4.98 Å². The Morgan fingerprint density at radius 3 is 2.58 bits per heavy atom. The van der Waals surface area contributed by atoms with Crippen molar-refractivity contribution in [2.45, 2.75) is 39.2 Å². The Morgan fingerprint density at radius 1 is 1.32 bits per heavy atom. The van der Waals surface area contributed by atoms with Crippen molar-refractivity contribution in [3.05, 3.63) is 23.4 Å². The maximum absolute atomic E-state index is 9.41. The Bertz CT molecular complexity index is 440. The predicted molar refractivity (Wildman–Crippen MR) is 76.3 cm³/mol. The van der Waals surface area contributed by atoms with E-state index in [0.717, 1.165) is 36.6 Å². The van der Waals surface area contributed by atoms with Crippen LogP contribution in [0.3, 0.4) is 0 Å². The van der Waals surface area contributed by atoms with Crippen LogP contribution in [-0.2, 0) is 12.0 Å². The lowest BCUT2D eigenvalue weighted by Crippen LogP contribution is -2.24. The quantitative estimate of drug-likeness (QED) is 0.872. The summed E-state index contributed by atoms with van der Waals surface area (Å²) in [6.07, 6.45) is 1.01. The normalized spacial score (nSPS) is 20.1. The van der Waals surface area contributed by atoms with Gasteiger partial charge in [0.25, 0.3) is 0 Å². The molecule has 1 aromatic rings. The first-order valence-corrected chi connectivity index (χ1v) is 6.92. The topological polar surface area (TPSA) is 56.6 Å². The number of hydrogen-bond donors (Lipinski definition) is 2. The molecule has 0 aliphatic carbocycles. The van der Waals surface area contributed by atoms with Crippen LogP contribution in [0.5, 0.6) is 0 Å². The lowest BCUT2D eigenvalue weighted by molar-refractivity contribution is 0.238. The van der Waals surface area contributed by atoms with Crippen molar-refractivity contribution in [1.82, 2.24) is 4.98 Å². The molecule has 1 aromatic heterocycles. The summed E-state index contributed by atoms with van der Waals surface area (Å²) in [4.78, 5) is 6.94. The number of hydrogen-bond acceptors (Lipinski definition) is 4. The van der Waals surface area contributed by atoms with Crippen LogP contribution in [0.1, 0.15) is 38.4 Å². The Balaban J connectivity index is 2.30. The molecule has 106 valence electrons. The third kappa shape index (κ3) is 3.25. The third-order valence-corrected chi connectivity index (χ3v) is 3.69. The minimum atomic E-state index is -0.0317. The van der Waals surface area contributed by atoms with Gasteiger partial charge in [0, 0.05) is 36.7 Å². The number of aromatic nitrogens is 1. The van der Waals surface area contributed by atoms with Gasteiger partial charge in [-0.25, -0.2) is 4.98 Å². The SMILES string of the molecule is CC(C)(C)c1cc(CO)cc(N2CCC(CO)C2)n1. The summed E-state index contributed by atoms with van der Waals surface area (Å²) in [6, 6.07) is 3.93. The second-order valence-corrected chi connectivity index (χ2v) is 6.41. The maximum Gasteiger partial charge on any atom is 0.129 e. The van der Waals surface area contributed by atoms with Crippen LogP contribution < -0.4 is 4.90 Å². The van der Waals surface area contributed by atoms with Gasteiger partial charge >= 0.3 is 0 Å². The second-order valence-electron chi connectivity index (χ2n) is 6.41. The Hall–Kier alpha value is -1.13. The third-order valence-electron chi connectivity index (χ3n) is 3.69. The number of nitrogens with zero attached hydrogens (tertiary/aromatic N) is 2. The molecule has 0 radical (unpaired) electrons. The number of rotatable bonds is 3. The van der Waals surface area contributed by atoms with Crippen LogP contribution in [0.15, 0.2) is 12.1 Å². The average molecular weight is 264 g/mol. The van der Waals surface area contributed by atoms with E-state index < -0.39 is 0 Å². The molecule has 19 heavy (non-hydrogen) atoms. The number of aliphatic hydroxyl groups excluding tert-OH is 2. The largest absolute Gasteiger partial charge is 0.396 e. The van der Waals surface area contributed by atoms with Gasteiger partial charge in [-0.1, -0.05) is 20.8 Å². The number of anilines is 1. The zero-order valence-corrected chi connectivity index (χ0v) is 12.1. The highest BCUT2D eigenvalue weighted by atomic mass is 16.3. The van der Waals surface area contributed by atoms with Crippen molar-refractivity contribution < 1.29 is 10.2 Å². The summed E-state index contributed by atoms with van der Waals surface area (Å²) in [5, 5.41) is 18.6. The van der Waals surface area contributed by atoms with E-state index in [1.165, 1.54) is 0 Å². The van der Waals surface area contributed by atoms with Gasteiger partial charge in [-0.15, -0.1) is 0 Å². The lowest BCUT2D eigenvalue weighted by Gasteiger charge is -2.23. The predicted octanol–water partition coefficient (Wildman–Crippen LogP) is 1.69. The Morgan fingerprint density at radius 2 is 2.05 bits per heavy atom. The molecular formula is C15H24N2O2. The molecule has 1 aliphatic rings. The van der Waals surface area contributed by atoms with Gasteiger partial charge in [0.2, 0.25) is 0 Å². The molecule has 4 heteroatoms. The standard InChI is InChI=1S/C15H24N2O2/c1-15(2,3)13-6-12(10-19)7-14(16-13)17-5-4-11(8-17)9-18/h6-7,11,18-19H,4-5,8-10H2,1-3H3. The molecule has 1 atom stereocenters. The van der Waals surface area contributed by atoms with Crippen molar-refractivity contribution in [3.8, 4) is 0 Å². The van der Waals surface area contributed by atoms with E-state index in [9.17, 15) is 10.2 Å². The molecule has 4 nitrogen and oxygen atoms in total. The molecule has 1 saturated heterocycles. The first kappa shape index (κ1) is 14.3. The van der Waals surface area contributed by atoms with Crippen molar-refractivity contribution in [3.63, 3.8) is 0 Å². The highest BCUT2D eigenvalue weighted by Crippen LogP contribution is 2.27. The molecule has 1 aliphatic heterocycles. The monoisotopic (exact) mass is 264 g/mol. The number of aliphatic hydroxyl groups is 2. The molecule has 0 aromatic carbocycles. The fourth-order valence-electron chi connectivity index (χ4n) is 2.40. The van der Waals surface area contributed by atoms with Crippen LogP contribution in [0.2, 0.25) is 0 Å². The molecule has 2 N–H and O–H groups in total. The molecule has 1 fully saturated rings. The minimum absolute atomic E-state index is 0.0317. The van der Waals surface area contributed by atoms with Gasteiger partial charge < -0.3 is 15.1 Å². The van der Waals surface area contributed by atoms with Crippen LogP contribution in [0.25, 0.3) is 0 Å². The molecular weight excluding hydrogens is 240 g/mol. The van der Waals surface area contributed by atoms with Crippen LogP contribution in [0.4, 0.5) is 5.82 Å². The molecule has 2 heterocycles.